The summed E-state index contributed by atoms with van der Waals surface area (Å²) in [5.41, 5.74) is 0.893. The summed E-state index contributed by atoms with van der Waals surface area (Å²) in [5, 5.41) is 2.39. The van der Waals surface area contributed by atoms with Crippen molar-refractivity contribution in [3.05, 3.63) is 52.7 Å². The number of aryl methyl sites for hydroxylation is 1. The van der Waals surface area contributed by atoms with Crippen LogP contribution in [0.15, 0.2) is 31.4 Å². The van der Waals surface area contributed by atoms with E-state index in [0.717, 1.165) is 16.3 Å². The summed E-state index contributed by atoms with van der Waals surface area (Å²) in [6.45, 7) is 9.18. The van der Waals surface area contributed by atoms with Gasteiger partial charge in [-0.05, 0) is 19.1 Å². The van der Waals surface area contributed by atoms with Crippen LogP contribution in [0.2, 0.25) is 5.02 Å². The fraction of sp³-hybridized carbons (Fsp3) is 0.0833. The third-order valence-corrected chi connectivity index (χ3v) is 2.04. The highest BCUT2D eigenvalue weighted by molar-refractivity contribution is 6.30. The first-order valence-electron chi connectivity index (χ1n) is 4.27. The Morgan fingerprint density at radius 3 is 2.50 bits per heavy atom. The fourth-order valence-electron chi connectivity index (χ4n) is 1.19. The number of hydrogen-bond acceptors (Lipinski definition) is 1. The monoisotopic (exact) mass is 205 g/mol. The first-order valence-corrected chi connectivity index (χ1v) is 4.65. The Morgan fingerprint density at radius 2 is 1.93 bits per heavy atom. The van der Waals surface area contributed by atoms with Crippen molar-refractivity contribution in [1.29, 1.82) is 0 Å². The van der Waals surface area contributed by atoms with E-state index in [1.807, 2.05) is 25.1 Å². The first kappa shape index (κ1) is 10.7. The highest BCUT2D eigenvalue weighted by Crippen LogP contribution is 1.99. The molecule has 0 saturated carbocycles. The van der Waals surface area contributed by atoms with E-state index in [-0.39, 0.29) is 0 Å². The zero-order valence-electron chi connectivity index (χ0n) is 8.13. The number of halogens is 1. The fourth-order valence-corrected chi connectivity index (χ4v) is 1.51. The molecule has 0 saturated heterocycles. The lowest BCUT2D eigenvalue weighted by atomic mass is 10.2. The molecule has 1 heterocycles. The van der Waals surface area contributed by atoms with E-state index in [9.17, 15) is 0 Å². The number of allylic oxidation sites excluding steroid dienone is 2. The molecule has 0 aliphatic carbocycles. The lowest BCUT2D eigenvalue weighted by Gasteiger charge is -1.96. The summed E-state index contributed by atoms with van der Waals surface area (Å²) in [6.07, 6.45) is 7.05. The van der Waals surface area contributed by atoms with Gasteiger partial charge < -0.3 is 0 Å². The third-order valence-electron chi connectivity index (χ3n) is 1.73. The Bertz CT molecular complexity index is 472. The molecule has 0 aliphatic rings. The Hall–Kier alpha value is -1.34. The van der Waals surface area contributed by atoms with Crippen LogP contribution in [0, 0.1) is 6.92 Å². The molecule has 72 valence electrons. The minimum absolute atomic E-state index is 0.686. The van der Waals surface area contributed by atoms with Crippen molar-refractivity contribution >= 4 is 23.8 Å². The number of hydrogen-bond donors (Lipinski definition) is 0. The molecule has 0 aliphatic heterocycles. The second-order valence-electron chi connectivity index (χ2n) is 2.85. The zero-order valence-corrected chi connectivity index (χ0v) is 8.88. The highest BCUT2D eigenvalue weighted by Gasteiger charge is 1.95. The third kappa shape index (κ3) is 2.33. The lowest BCUT2D eigenvalue weighted by molar-refractivity contribution is 1.13. The quantitative estimate of drug-likeness (QED) is 0.720. The van der Waals surface area contributed by atoms with Gasteiger partial charge >= 0.3 is 0 Å². The molecule has 1 rings (SSSR count). The molecule has 0 fully saturated rings. The summed E-state index contributed by atoms with van der Waals surface area (Å²) in [5.74, 6) is 0. The van der Waals surface area contributed by atoms with Gasteiger partial charge in [0.05, 0.1) is 10.4 Å². The Labute approximate surface area is 88.8 Å². The number of rotatable bonds is 2. The smallest absolute Gasteiger partial charge is 0.0719 e. The van der Waals surface area contributed by atoms with Crippen LogP contribution >= 0.6 is 11.6 Å². The van der Waals surface area contributed by atoms with Gasteiger partial charge in [0.1, 0.15) is 0 Å². The second kappa shape index (κ2) is 4.77. The van der Waals surface area contributed by atoms with E-state index in [4.69, 9.17) is 11.6 Å². The molecule has 0 N–H and O–H groups in total. The van der Waals surface area contributed by atoms with Crippen LogP contribution in [0.3, 0.4) is 0 Å². The summed E-state index contributed by atoms with van der Waals surface area (Å²) in [7, 11) is 0. The van der Waals surface area contributed by atoms with Crippen molar-refractivity contribution in [2.75, 3.05) is 0 Å². The minimum Gasteiger partial charge on any atom is -0.253 e. The summed E-state index contributed by atoms with van der Waals surface area (Å²) >= 11 is 6.08. The maximum absolute atomic E-state index is 6.08. The molecule has 0 radical (unpaired) electrons. The van der Waals surface area contributed by atoms with Crippen molar-refractivity contribution in [1.82, 2.24) is 4.98 Å². The molecule has 0 atom stereocenters. The van der Waals surface area contributed by atoms with Crippen LogP contribution in [0.4, 0.5) is 0 Å². The van der Waals surface area contributed by atoms with Crippen LogP contribution in [-0.4, -0.2) is 4.98 Å². The van der Waals surface area contributed by atoms with Gasteiger partial charge in [-0.25, -0.2) is 0 Å². The molecule has 1 nitrogen and oxygen atoms in total. The van der Waals surface area contributed by atoms with E-state index in [0.29, 0.717) is 5.02 Å². The van der Waals surface area contributed by atoms with Gasteiger partial charge in [0.15, 0.2) is 0 Å². The summed E-state index contributed by atoms with van der Waals surface area (Å²) in [4.78, 5) is 4.35. The molecule has 2 heteroatoms. The van der Waals surface area contributed by atoms with Gasteiger partial charge in [-0.1, -0.05) is 43.0 Å². The van der Waals surface area contributed by atoms with Gasteiger partial charge in [-0.15, -0.1) is 0 Å². The van der Waals surface area contributed by atoms with Gasteiger partial charge in [-0.2, -0.15) is 0 Å². The molecule has 0 spiro atoms. The van der Waals surface area contributed by atoms with Crippen molar-refractivity contribution in [3.8, 4) is 0 Å². The first-order chi connectivity index (χ1) is 6.69. The average molecular weight is 206 g/mol. The predicted octanol–water partition coefficient (Wildman–Crippen LogP) is 1.98. The SMILES string of the molecule is C=C/C=c1/nc(C)cc(Cl)/c1=C/C=C. The lowest BCUT2D eigenvalue weighted by Crippen LogP contribution is -2.29. The number of pyridine rings is 1. The van der Waals surface area contributed by atoms with Crippen LogP contribution in [0.5, 0.6) is 0 Å². The van der Waals surface area contributed by atoms with Crippen molar-refractivity contribution in [3.63, 3.8) is 0 Å². The van der Waals surface area contributed by atoms with E-state index < -0.39 is 0 Å². The average Bonchev–Trinajstić information content (AvgIpc) is 2.11. The molecule has 14 heavy (non-hydrogen) atoms. The van der Waals surface area contributed by atoms with Gasteiger partial charge in [0.2, 0.25) is 0 Å². The Balaban J connectivity index is 3.70. The molecule has 1 aromatic heterocycles. The predicted molar refractivity (Wildman–Crippen MR) is 62.6 cm³/mol. The Kier molecular flexibility index (Phi) is 3.66. The van der Waals surface area contributed by atoms with E-state index in [2.05, 4.69) is 18.1 Å². The molecular formula is C12H12ClN. The van der Waals surface area contributed by atoms with Crippen molar-refractivity contribution in [2.45, 2.75) is 6.92 Å². The molecule has 0 unspecified atom stereocenters. The van der Waals surface area contributed by atoms with Gasteiger partial charge in [-0.3, -0.25) is 4.98 Å². The van der Waals surface area contributed by atoms with Crippen molar-refractivity contribution < 1.29 is 0 Å². The molecule has 0 bridgehead atoms. The molecule has 0 amide bonds. The highest BCUT2D eigenvalue weighted by atomic mass is 35.5. The second-order valence-corrected chi connectivity index (χ2v) is 3.26. The van der Waals surface area contributed by atoms with Gasteiger partial charge in [0.25, 0.3) is 0 Å². The van der Waals surface area contributed by atoms with E-state index >= 15 is 0 Å². The molecule has 1 aromatic rings. The maximum atomic E-state index is 6.08. The maximum Gasteiger partial charge on any atom is 0.0719 e. The van der Waals surface area contributed by atoms with Crippen LogP contribution in [0.25, 0.3) is 12.2 Å². The van der Waals surface area contributed by atoms with E-state index in [1.165, 1.54) is 0 Å². The summed E-state index contributed by atoms with van der Waals surface area (Å²) in [6, 6.07) is 1.83. The molecular weight excluding hydrogens is 194 g/mol. The van der Waals surface area contributed by atoms with E-state index in [1.54, 1.807) is 12.2 Å². The van der Waals surface area contributed by atoms with Crippen LogP contribution in [-0.2, 0) is 0 Å². The van der Waals surface area contributed by atoms with Crippen LogP contribution in [0.1, 0.15) is 5.69 Å². The largest absolute Gasteiger partial charge is 0.253 e. The van der Waals surface area contributed by atoms with Crippen molar-refractivity contribution in [2.24, 2.45) is 0 Å². The summed E-state index contributed by atoms with van der Waals surface area (Å²) < 4.78 is 0. The minimum atomic E-state index is 0.686. The zero-order chi connectivity index (χ0) is 10.6. The number of nitrogens with zero attached hydrogens (tertiary/aromatic N) is 1. The topological polar surface area (TPSA) is 12.9 Å². The van der Waals surface area contributed by atoms with Crippen LogP contribution < -0.4 is 10.6 Å². The van der Waals surface area contributed by atoms with Gasteiger partial charge in [0, 0.05) is 10.9 Å². The normalized spacial score (nSPS) is 13.0. The standard InChI is InChI=1S/C12H12ClN/c1-4-6-10-11(13)8-9(3)14-12(10)7-5-2/h4-8H,1-2H2,3H3/b10-6-,12-7+. The number of aromatic nitrogens is 1. The molecule has 0 aromatic carbocycles. The Morgan fingerprint density at radius 1 is 1.29 bits per heavy atom.